The Labute approximate surface area is 119 Å². The largest absolute Gasteiger partial charge is 0.409 e. The van der Waals surface area contributed by atoms with E-state index in [2.05, 4.69) is 22.0 Å². The van der Waals surface area contributed by atoms with Gasteiger partial charge in [-0.15, -0.1) is 0 Å². The molecule has 0 radical (unpaired) electrons. The fourth-order valence-electron chi connectivity index (χ4n) is 1.63. The van der Waals surface area contributed by atoms with Crippen LogP contribution in [0.2, 0.25) is 5.02 Å². The van der Waals surface area contributed by atoms with Gasteiger partial charge in [-0.1, -0.05) is 28.9 Å². The summed E-state index contributed by atoms with van der Waals surface area (Å²) in [5.41, 5.74) is 7.16. The Morgan fingerprint density at radius 3 is 2.53 bits per heavy atom. The maximum atomic E-state index is 8.62. The Balaban J connectivity index is 2.69. The van der Waals surface area contributed by atoms with Crippen LogP contribution in [0.1, 0.15) is 11.1 Å². The highest BCUT2D eigenvalue weighted by Crippen LogP contribution is 2.19. The van der Waals surface area contributed by atoms with Crippen molar-refractivity contribution in [3.63, 3.8) is 0 Å². The quantitative estimate of drug-likeness (QED) is 0.359. The monoisotopic (exact) mass is 284 g/mol. The number of oxime groups is 1. The predicted octanol–water partition coefficient (Wildman–Crippen LogP) is 1.43. The molecule has 1 rings (SSSR count). The van der Waals surface area contributed by atoms with Gasteiger partial charge in [-0.3, -0.25) is 0 Å². The lowest BCUT2D eigenvalue weighted by molar-refractivity contribution is 0.276. The van der Waals surface area contributed by atoms with E-state index in [0.717, 1.165) is 25.2 Å². The summed E-state index contributed by atoms with van der Waals surface area (Å²) in [4.78, 5) is 4.34. The average Bonchev–Trinajstić information content (AvgIpc) is 2.37. The second kappa shape index (κ2) is 7.33. The van der Waals surface area contributed by atoms with Crippen molar-refractivity contribution in [3.8, 4) is 0 Å². The summed E-state index contributed by atoms with van der Waals surface area (Å²) in [5, 5.41) is 12.2. The van der Waals surface area contributed by atoms with Gasteiger partial charge in [0.2, 0.25) is 0 Å². The topological polar surface area (TPSA) is 65.1 Å². The van der Waals surface area contributed by atoms with Crippen LogP contribution < -0.4 is 5.73 Å². The van der Waals surface area contributed by atoms with E-state index in [9.17, 15) is 0 Å². The highest BCUT2D eigenvalue weighted by molar-refractivity contribution is 6.31. The molecular formula is C13H21ClN4O. The van der Waals surface area contributed by atoms with Crippen LogP contribution in [0.3, 0.4) is 0 Å². The van der Waals surface area contributed by atoms with Gasteiger partial charge in [0.15, 0.2) is 5.84 Å². The third kappa shape index (κ3) is 5.06. The van der Waals surface area contributed by atoms with Crippen molar-refractivity contribution < 1.29 is 5.21 Å². The maximum Gasteiger partial charge on any atom is 0.170 e. The van der Waals surface area contributed by atoms with E-state index < -0.39 is 0 Å². The van der Waals surface area contributed by atoms with E-state index in [4.69, 9.17) is 22.5 Å². The van der Waals surface area contributed by atoms with Crippen molar-refractivity contribution in [3.05, 3.63) is 34.3 Å². The molecule has 0 aromatic heterocycles. The molecule has 0 aliphatic rings. The van der Waals surface area contributed by atoms with Gasteiger partial charge in [0.25, 0.3) is 0 Å². The van der Waals surface area contributed by atoms with Crippen molar-refractivity contribution in [2.75, 3.05) is 34.2 Å². The van der Waals surface area contributed by atoms with Crippen molar-refractivity contribution in [1.82, 2.24) is 9.80 Å². The minimum atomic E-state index is 0.0643. The van der Waals surface area contributed by atoms with Gasteiger partial charge < -0.3 is 20.7 Å². The third-order valence-electron chi connectivity index (χ3n) is 2.83. The molecule has 0 aliphatic carbocycles. The summed E-state index contributed by atoms with van der Waals surface area (Å²) >= 11 is 6.21. The Hall–Kier alpha value is -1.30. The molecular weight excluding hydrogens is 264 g/mol. The summed E-state index contributed by atoms with van der Waals surface area (Å²) < 4.78 is 0. The first-order valence-electron chi connectivity index (χ1n) is 6.03. The molecule has 0 aliphatic heterocycles. The first kappa shape index (κ1) is 15.8. The second-order valence-corrected chi connectivity index (χ2v) is 5.24. The zero-order valence-electron chi connectivity index (χ0n) is 11.6. The molecule has 0 heterocycles. The van der Waals surface area contributed by atoms with Crippen LogP contribution in [0.15, 0.2) is 23.4 Å². The second-order valence-electron chi connectivity index (χ2n) is 4.83. The van der Waals surface area contributed by atoms with Gasteiger partial charge in [0, 0.05) is 30.2 Å². The molecule has 0 bridgehead atoms. The number of halogens is 1. The molecule has 0 unspecified atom stereocenters. The highest BCUT2D eigenvalue weighted by atomic mass is 35.5. The first-order chi connectivity index (χ1) is 8.93. The lowest BCUT2D eigenvalue weighted by Crippen LogP contribution is -2.28. The Kier molecular flexibility index (Phi) is 6.08. The SMILES string of the molecule is CN(C)CCN(C)Cc1ccc(/C(N)=N/O)cc1Cl. The summed E-state index contributed by atoms with van der Waals surface area (Å²) in [6.45, 7) is 2.73. The van der Waals surface area contributed by atoms with Gasteiger partial charge in [0.05, 0.1) is 0 Å². The number of hydrogen-bond acceptors (Lipinski definition) is 4. The molecule has 0 atom stereocenters. The van der Waals surface area contributed by atoms with E-state index in [-0.39, 0.29) is 5.84 Å². The number of hydrogen-bond donors (Lipinski definition) is 2. The third-order valence-corrected chi connectivity index (χ3v) is 3.18. The predicted molar refractivity (Wildman–Crippen MR) is 78.9 cm³/mol. The summed E-state index contributed by atoms with van der Waals surface area (Å²) in [6.07, 6.45) is 0. The van der Waals surface area contributed by atoms with E-state index >= 15 is 0 Å². The smallest absolute Gasteiger partial charge is 0.170 e. The standard InChI is InChI=1S/C13H21ClN4O/c1-17(2)6-7-18(3)9-11-5-4-10(8-12(11)14)13(15)16-19/h4-5,8,19H,6-7,9H2,1-3H3,(H2,15,16). The molecule has 1 aromatic carbocycles. The molecule has 0 saturated carbocycles. The number of rotatable bonds is 6. The molecule has 106 valence electrons. The van der Waals surface area contributed by atoms with Gasteiger partial charge >= 0.3 is 0 Å². The molecule has 0 spiro atoms. The van der Waals surface area contributed by atoms with Crippen LogP contribution >= 0.6 is 11.6 Å². The molecule has 0 saturated heterocycles. The summed E-state index contributed by atoms with van der Waals surface area (Å²) in [7, 11) is 6.15. The Morgan fingerprint density at radius 2 is 2.00 bits per heavy atom. The van der Waals surface area contributed by atoms with E-state index in [1.165, 1.54) is 0 Å². The number of nitrogens with two attached hydrogens (primary N) is 1. The van der Waals surface area contributed by atoms with Gasteiger partial charge in [-0.25, -0.2) is 0 Å². The van der Waals surface area contributed by atoms with Crippen LogP contribution in [0.25, 0.3) is 0 Å². The van der Waals surface area contributed by atoms with Crippen LogP contribution in [0.4, 0.5) is 0 Å². The molecule has 5 nitrogen and oxygen atoms in total. The summed E-state index contributed by atoms with van der Waals surface area (Å²) in [6, 6.07) is 5.42. The molecule has 0 amide bonds. The zero-order chi connectivity index (χ0) is 14.4. The lowest BCUT2D eigenvalue weighted by atomic mass is 10.1. The van der Waals surface area contributed by atoms with E-state index in [0.29, 0.717) is 10.6 Å². The van der Waals surface area contributed by atoms with Crippen molar-refractivity contribution in [1.29, 1.82) is 0 Å². The Bertz CT molecular complexity index is 448. The minimum Gasteiger partial charge on any atom is -0.409 e. The van der Waals surface area contributed by atoms with Crippen molar-refractivity contribution in [2.24, 2.45) is 10.9 Å². The molecule has 6 heteroatoms. The van der Waals surface area contributed by atoms with Crippen LogP contribution in [-0.4, -0.2) is 55.1 Å². The highest BCUT2D eigenvalue weighted by Gasteiger charge is 2.07. The van der Waals surface area contributed by atoms with E-state index in [1.54, 1.807) is 12.1 Å². The van der Waals surface area contributed by atoms with E-state index in [1.807, 2.05) is 20.2 Å². The fraction of sp³-hybridized carbons (Fsp3) is 0.462. The molecule has 1 aromatic rings. The van der Waals surface area contributed by atoms with Gasteiger partial charge in [-0.2, -0.15) is 0 Å². The lowest BCUT2D eigenvalue weighted by Gasteiger charge is -2.20. The van der Waals surface area contributed by atoms with Crippen LogP contribution in [0.5, 0.6) is 0 Å². The van der Waals surface area contributed by atoms with Crippen molar-refractivity contribution in [2.45, 2.75) is 6.54 Å². The molecule has 19 heavy (non-hydrogen) atoms. The van der Waals surface area contributed by atoms with Gasteiger partial charge in [-0.05, 0) is 32.8 Å². The summed E-state index contributed by atoms with van der Waals surface area (Å²) in [5.74, 6) is 0.0643. The normalized spacial score (nSPS) is 12.4. The average molecular weight is 285 g/mol. The molecule has 3 N–H and O–H groups in total. The van der Waals surface area contributed by atoms with Gasteiger partial charge in [0.1, 0.15) is 0 Å². The molecule has 0 fully saturated rings. The minimum absolute atomic E-state index is 0.0643. The zero-order valence-corrected chi connectivity index (χ0v) is 12.4. The number of likely N-dealkylation sites (N-methyl/N-ethyl adjacent to an activating group) is 2. The van der Waals surface area contributed by atoms with Crippen molar-refractivity contribution >= 4 is 17.4 Å². The van der Waals surface area contributed by atoms with Crippen LogP contribution in [0, 0.1) is 0 Å². The number of nitrogens with zero attached hydrogens (tertiary/aromatic N) is 3. The number of benzene rings is 1. The Morgan fingerprint density at radius 1 is 1.32 bits per heavy atom. The number of amidine groups is 1. The fourth-order valence-corrected chi connectivity index (χ4v) is 1.87. The van der Waals surface area contributed by atoms with Crippen LogP contribution in [-0.2, 0) is 6.54 Å². The maximum absolute atomic E-state index is 8.62. The first-order valence-corrected chi connectivity index (χ1v) is 6.41.